The number of nitrogens with one attached hydrogen (secondary N) is 1. The van der Waals surface area contributed by atoms with E-state index in [0.717, 1.165) is 21.5 Å². The lowest BCUT2D eigenvalue weighted by atomic mass is 10.1. The number of ether oxygens (including phenoxy) is 1. The molecule has 26 heavy (non-hydrogen) atoms. The molecule has 1 heterocycles. The van der Waals surface area contributed by atoms with Crippen LogP contribution in [0.25, 0.3) is 0 Å². The third-order valence-corrected chi connectivity index (χ3v) is 5.01. The SMILES string of the molecule is COc1ccc(CCNC(=O)C2CCN(c3cccc(Br)c3)C2=O)cc1. The van der Waals surface area contributed by atoms with E-state index in [9.17, 15) is 9.59 Å². The molecule has 1 saturated heterocycles. The van der Waals surface area contributed by atoms with Gasteiger partial charge in [0.05, 0.1) is 7.11 Å². The van der Waals surface area contributed by atoms with E-state index < -0.39 is 5.92 Å². The van der Waals surface area contributed by atoms with Crippen molar-refractivity contribution in [2.75, 3.05) is 25.1 Å². The molecule has 1 aliphatic heterocycles. The number of hydrogen-bond acceptors (Lipinski definition) is 3. The number of anilines is 1. The molecule has 0 bridgehead atoms. The Hall–Kier alpha value is -2.34. The summed E-state index contributed by atoms with van der Waals surface area (Å²) in [5.41, 5.74) is 1.93. The summed E-state index contributed by atoms with van der Waals surface area (Å²) in [6, 6.07) is 15.3. The Labute approximate surface area is 161 Å². The van der Waals surface area contributed by atoms with Crippen molar-refractivity contribution in [2.45, 2.75) is 12.8 Å². The first-order chi connectivity index (χ1) is 12.6. The van der Waals surface area contributed by atoms with Gasteiger partial charge in [-0.05, 0) is 48.7 Å². The van der Waals surface area contributed by atoms with Crippen molar-refractivity contribution < 1.29 is 14.3 Å². The number of rotatable bonds is 6. The van der Waals surface area contributed by atoms with Crippen LogP contribution in [0, 0.1) is 5.92 Å². The van der Waals surface area contributed by atoms with Crippen molar-refractivity contribution >= 4 is 33.4 Å². The molecule has 2 aromatic carbocycles. The highest BCUT2D eigenvalue weighted by Gasteiger charge is 2.37. The normalized spacial score (nSPS) is 16.6. The van der Waals surface area contributed by atoms with Gasteiger partial charge in [-0.25, -0.2) is 0 Å². The van der Waals surface area contributed by atoms with Gasteiger partial charge in [0.25, 0.3) is 0 Å². The van der Waals surface area contributed by atoms with Gasteiger partial charge in [0, 0.05) is 23.2 Å². The number of carbonyl (C=O) groups excluding carboxylic acids is 2. The summed E-state index contributed by atoms with van der Waals surface area (Å²) >= 11 is 3.41. The minimum atomic E-state index is -0.607. The summed E-state index contributed by atoms with van der Waals surface area (Å²) in [6.07, 6.45) is 1.26. The predicted molar refractivity (Wildman–Crippen MR) is 104 cm³/mol. The number of halogens is 1. The first kappa shape index (κ1) is 18.5. The maximum atomic E-state index is 12.6. The summed E-state index contributed by atoms with van der Waals surface area (Å²) in [7, 11) is 1.63. The van der Waals surface area contributed by atoms with Crippen molar-refractivity contribution in [2.24, 2.45) is 5.92 Å². The van der Waals surface area contributed by atoms with Crippen molar-refractivity contribution in [1.82, 2.24) is 5.32 Å². The zero-order valence-electron chi connectivity index (χ0n) is 14.6. The fourth-order valence-electron chi connectivity index (χ4n) is 3.07. The molecule has 0 aromatic heterocycles. The van der Waals surface area contributed by atoms with Crippen LogP contribution in [-0.2, 0) is 16.0 Å². The van der Waals surface area contributed by atoms with Crippen LogP contribution >= 0.6 is 15.9 Å². The number of hydrogen-bond donors (Lipinski definition) is 1. The molecule has 3 rings (SSSR count). The molecule has 0 spiro atoms. The number of benzene rings is 2. The monoisotopic (exact) mass is 416 g/mol. The molecule has 0 saturated carbocycles. The van der Waals surface area contributed by atoms with Gasteiger partial charge in [-0.15, -0.1) is 0 Å². The molecular formula is C20H21BrN2O3. The molecule has 1 unspecified atom stereocenters. The molecule has 6 heteroatoms. The fourth-order valence-corrected chi connectivity index (χ4v) is 3.46. The summed E-state index contributed by atoms with van der Waals surface area (Å²) in [6.45, 7) is 1.07. The Morgan fingerprint density at radius 2 is 2.04 bits per heavy atom. The molecule has 2 aromatic rings. The first-order valence-electron chi connectivity index (χ1n) is 8.56. The largest absolute Gasteiger partial charge is 0.497 e. The van der Waals surface area contributed by atoms with Gasteiger partial charge in [-0.1, -0.05) is 34.1 Å². The van der Waals surface area contributed by atoms with Gasteiger partial charge in [-0.2, -0.15) is 0 Å². The van der Waals surface area contributed by atoms with Crippen LogP contribution in [-0.4, -0.2) is 32.0 Å². The average Bonchev–Trinajstić information content (AvgIpc) is 3.04. The Kier molecular flexibility index (Phi) is 5.93. The van der Waals surface area contributed by atoms with E-state index in [4.69, 9.17) is 4.74 Å². The second kappa shape index (κ2) is 8.36. The van der Waals surface area contributed by atoms with Crippen molar-refractivity contribution in [3.05, 3.63) is 58.6 Å². The Bertz CT molecular complexity index is 792. The average molecular weight is 417 g/mol. The Balaban J connectivity index is 1.52. The third kappa shape index (κ3) is 4.25. The van der Waals surface area contributed by atoms with Gasteiger partial charge in [0.1, 0.15) is 11.7 Å². The minimum absolute atomic E-state index is 0.134. The Morgan fingerprint density at radius 1 is 1.27 bits per heavy atom. The van der Waals surface area contributed by atoms with Crippen molar-refractivity contribution in [3.63, 3.8) is 0 Å². The predicted octanol–water partition coefficient (Wildman–Crippen LogP) is 3.17. The quantitative estimate of drug-likeness (QED) is 0.735. The second-order valence-corrected chi connectivity index (χ2v) is 7.12. The van der Waals surface area contributed by atoms with Crippen LogP contribution in [0.4, 0.5) is 5.69 Å². The topological polar surface area (TPSA) is 58.6 Å². The highest BCUT2D eigenvalue weighted by atomic mass is 79.9. The van der Waals surface area contributed by atoms with Gasteiger partial charge >= 0.3 is 0 Å². The maximum Gasteiger partial charge on any atom is 0.239 e. The van der Waals surface area contributed by atoms with E-state index in [2.05, 4.69) is 21.2 Å². The number of amides is 2. The molecular weight excluding hydrogens is 396 g/mol. The maximum absolute atomic E-state index is 12.6. The van der Waals surface area contributed by atoms with E-state index in [1.165, 1.54) is 0 Å². The first-order valence-corrected chi connectivity index (χ1v) is 9.35. The summed E-state index contributed by atoms with van der Waals surface area (Å²) in [4.78, 5) is 26.7. The lowest BCUT2D eigenvalue weighted by Gasteiger charge is -2.17. The van der Waals surface area contributed by atoms with Crippen LogP contribution in [0.1, 0.15) is 12.0 Å². The van der Waals surface area contributed by atoms with Crippen molar-refractivity contribution in [1.29, 1.82) is 0 Å². The number of nitrogens with zero attached hydrogens (tertiary/aromatic N) is 1. The highest BCUT2D eigenvalue weighted by molar-refractivity contribution is 9.10. The molecule has 1 N–H and O–H groups in total. The van der Waals surface area contributed by atoms with Crippen LogP contribution in [0.3, 0.4) is 0 Å². The molecule has 5 nitrogen and oxygen atoms in total. The molecule has 1 aliphatic rings. The third-order valence-electron chi connectivity index (χ3n) is 4.51. The number of methoxy groups -OCH3 is 1. The van der Waals surface area contributed by atoms with E-state index in [1.807, 2.05) is 48.5 Å². The molecule has 1 atom stereocenters. The summed E-state index contributed by atoms with van der Waals surface area (Å²) < 4.78 is 6.04. The molecule has 136 valence electrons. The molecule has 0 radical (unpaired) electrons. The Morgan fingerprint density at radius 3 is 2.73 bits per heavy atom. The summed E-state index contributed by atoms with van der Waals surface area (Å²) in [5, 5.41) is 2.89. The van der Waals surface area contributed by atoms with Gasteiger partial charge < -0.3 is 15.0 Å². The van der Waals surface area contributed by atoms with Crippen LogP contribution in [0.2, 0.25) is 0 Å². The second-order valence-electron chi connectivity index (χ2n) is 6.20. The standard InChI is InChI=1S/C20H21BrN2O3/c1-26-17-7-5-14(6-8-17)9-11-22-19(24)18-10-12-23(20(18)25)16-4-2-3-15(21)13-16/h2-8,13,18H,9-12H2,1H3,(H,22,24). The van der Waals surface area contributed by atoms with Gasteiger partial charge in [-0.3, -0.25) is 9.59 Å². The molecule has 0 aliphatic carbocycles. The van der Waals surface area contributed by atoms with Crippen LogP contribution in [0.15, 0.2) is 53.0 Å². The van der Waals surface area contributed by atoms with Gasteiger partial charge in [0.2, 0.25) is 11.8 Å². The van der Waals surface area contributed by atoms with E-state index in [0.29, 0.717) is 25.9 Å². The highest BCUT2D eigenvalue weighted by Crippen LogP contribution is 2.27. The van der Waals surface area contributed by atoms with E-state index >= 15 is 0 Å². The van der Waals surface area contributed by atoms with E-state index in [-0.39, 0.29) is 11.8 Å². The number of carbonyl (C=O) groups is 2. The lowest BCUT2D eigenvalue weighted by Crippen LogP contribution is -2.37. The van der Waals surface area contributed by atoms with Gasteiger partial charge in [0.15, 0.2) is 0 Å². The summed E-state index contributed by atoms with van der Waals surface area (Å²) in [5.74, 6) is -0.127. The fraction of sp³-hybridized carbons (Fsp3) is 0.300. The smallest absolute Gasteiger partial charge is 0.239 e. The molecule has 2 amide bonds. The zero-order valence-corrected chi connectivity index (χ0v) is 16.2. The lowest BCUT2D eigenvalue weighted by molar-refractivity contribution is -0.132. The molecule has 1 fully saturated rings. The van der Waals surface area contributed by atoms with Crippen molar-refractivity contribution in [3.8, 4) is 5.75 Å². The van der Waals surface area contributed by atoms with Crippen LogP contribution in [0.5, 0.6) is 5.75 Å². The van der Waals surface area contributed by atoms with Crippen LogP contribution < -0.4 is 15.0 Å². The van der Waals surface area contributed by atoms with E-state index in [1.54, 1.807) is 12.0 Å². The zero-order chi connectivity index (χ0) is 18.5. The minimum Gasteiger partial charge on any atom is -0.497 e.